The molecule has 4 nitrogen and oxygen atoms in total. The Morgan fingerprint density at radius 3 is 2.70 bits per heavy atom. The molecule has 1 aromatic heterocycles. The molecule has 0 unspecified atom stereocenters. The van der Waals surface area contributed by atoms with Crippen molar-refractivity contribution in [2.75, 3.05) is 19.4 Å². The number of hydrogen-bond acceptors (Lipinski definition) is 3. The third kappa shape index (κ3) is 3.57. The van der Waals surface area contributed by atoms with Crippen molar-refractivity contribution >= 4 is 11.6 Å². The maximum atomic E-state index is 11.9. The lowest BCUT2D eigenvalue weighted by Gasteiger charge is -2.12. The lowest BCUT2D eigenvalue weighted by atomic mass is 10.2. The van der Waals surface area contributed by atoms with Crippen molar-refractivity contribution in [1.29, 1.82) is 0 Å². The SMILES string of the molecule is Cc1ccc(CNc2cccc(C(=O)N(C)C)c2)nc1. The van der Waals surface area contributed by atoms with Crippen molar-refractivity contribution in [2.24, 2.45) is 0 Å². The summed E-state index contributed by atoms with van der Waals surface area (Å²) < 4.78 is 0. The topological polar surface area (TPSA) is 45.2 Å². The van der Waals surface area contributed by atoms with Gasteiger partial charge in [0.05, 0.1) is 12.2 Å². The number of rotatable bonds is 4. The van der Waals surface area contributed by atoms with Crippen molar-refractivity contribution < 1.29 is 4.79 Å². The largest absolute Gasteiger partial charge is 0.379 e. The molecule has 0 atom stereocenters. The van der Waals surface area contributed by atoms with Crippen LogP contribution in [0.4, 0.5) is 5.69 Å². The summed E-state index contributed by atoms with van der Waals surface area (Å²) in [6.07, 6.45) is 1.85. The quantitative estimate of drug-likeness (QED) is 0.928. The normalized spacial score (nSPS) is 10.2. The average molecular weight is 269 g/mol. The Kier molecular flexibility index (Phi) is 4.35. The van der Waals surface area contributed by atoms with E-state index in [1.807, 2.05) is 49.5 Å². The van der Waals surface area contributed by atoms with E-state index >= 15 is 0 Å². The van der Waals surface area contributed by atoms with Gasteiger partial charge in [0.15, 0.2) is 0 Å². The van der Waals surface area contributed by atoms with Crippen LogP contribution in [-0.4, -0.2) is 29.9 Å². The van der Waals surface area contributed by atoms with Gasteiger partial charge in [-0.25, -0.2) is 0 Å². The van der Waals surface area contributed by atoms with Crippen LogP contribution in [0.15, 0.2) is 42.6 Å². The number of aryl methyl sites for hydroxylation is 1. The van der Waals surface area contributed by atoms with E-state index in [0.717, 1.165) is 16.9 Å². The van der Waals surface area contributed by atoms with Gasteiger partial charge in [-0.05, 0) is 36.8 Å². The molecular formula is C16H19N3O. The molecule has 0 aliphatic carbocycles. The van der Waals surface area contributed by atoms with Crippen molar-refractivity contribution in [3.8, 4) is 0 Å². The fraction of sp³-hybridized carbons (Fsp3) is 0.250. The molecule has 0 fully saturated rings. The van der Waals surface area contributed by atoms with Crippen molar-refractivity contribution in [1.82, 2.24) is 9.88 Å². The van der Waals surface area contributed by atoms with Gasteiger partial charge in [-0.1, -0.05) is 12.1 Å². The zero-order chi connectivity index (χ0) is 14.5. The average Bonchev–Trinajstić information content (AvgIpc) is 2.46. The smallest absolute Gasteiger partial charge is 0.253 e. The molecule has 0 saturated carbocycles. The zero-order valence-electron chi connectivity index (χ0n) is 12.1. The second-order valence-electron chi connectivity index (χ2n) is 4.96. The first-order chi connectivity index (χ1) is 9.56. The summed E-state index contributed by atoms with van der Waals surface area (Å²) in [7, 11) is 3.50. The Morgan fingerprint density at radius 1 is 1.25 bits per heavy atom. The highest BCUT2D eigenvalue weighted by Crippen LogP contribution is 2.13. The van der Waals surface area contributed by atoms with E-state index in [0.29, 0.717) is 12.1 Å². The summed E-state index contributed by atoms with van der Waals surface area (Å²) in [6, 6.07) is 11.5. The van der Waals surface area contributed by atoms with Crippen LogP contribution in [0.5, 0.6) is 0 Å². The number of pyridine rings is 1. The van der Waals surface area contributed by atoms with Gasteiger partial charge >= 0.3 is 0 Å². The van der Waals surface area contributed by atoms with Gasteiger partial charge in [0.2, 0.25) is 0 Å². The fourth-order valence-electron chi connectivity index (χ4n) is 1.82. The molecular weight excluding hydrogens is 250 g/mol. The number of benzene rings is 1. The molecule has 0 radical (unpaired) electrons. The Hall–Kier alpha value is -2.36. The van der Waals surface area contributed by atoms with Gasteiger partial charge in [-0.2, -0.15) is 0 Å². The number of anilines is 1. The van der Waals surface area contributed by atoms with Crippen molar-refractivity contribution in [2.45, 2.75) is 13.5 Å². The molecule has 4 heteroatoms. The van der Waals surface area contributed by atoms with Crippen LogP contribution in [0.25, 0.3) is 0 Å². The summed E-state index contributed by atoms with van der Waals surface area (Å²) in [5.41, 5.74) is 3.71. The maximum absolute atomic E-state index is 11.9. The van der Waals surface area contributed by atoms with Crippen LogP contribution in [0.3, 0.4) is 0 Å². The predicted octanol–water partition coefficient (Wildman–Crippen LogP) is 2.70. The highest BCUT2D eigenvalue weighted by atomic mass is 16.2. The lowest BCUT2D eigenvalue weighted by Crippen LogP contribution is -2.21. The van der Waals surface area contributed by atoms with Gasteiger partial charge < -0.3 is 10.2 Å². The highest BCUT2D eigenvalue weighted by molar-refractivity contribution is 5.94. The number of amides is 1. The maximum Gasteiger partial charge on any atom is 0.253 e. The highest BCUT2D eigenvalue weighted by Gasteiger charge is 2.07. The number of nitrogens with zero attached hydrogens (tertiary/aromatic N) is 2. The number of carbonyl (C=O) groups excluding carboxylic acids is 1. The van der Waals surface area contributed by atoms with Gasteiger partial charge in [-0.3, -0.25) is 9.78 Å². The number of aromatic nitrogens is 1. The first-order valence-electron chi connectivity index (χ1n) is 6.53. The molecule has 20 heavy (non-hydrogen) atoms. The van der Waals surface area contributed by atoms with Gasteiger partial charge in [0.1, 0.15) is 0 Å². The van der Waals surface area contributed by atoms with E-state index in [-0.39, 0.29) is 5.91 Å². The molecule has 1 heterocycles. The van der Waals surface area contributed by atoms with Gasteiger partial charge in [-0.15, -0.1) is 0 Å². The molecule has 1 amide bonds. The molecule has 0 spiro atoms. The first-order valence-corrected chi connectivity index (χ1v) is 6.53. The number of nitrogens with one attached hydrogen (secondary N) is 1. The first kappa shape index (κ1) is 14.1. The van der Waals surface area contributed by atoms with Crippen molar-refractivity contribution in [3.63, 3.8) is 0 Å². The molecule has 1 N–H and O–H groups in total. The molecule has 2 rings (SSSR count). The monoisotopic (exact) mass is 269 g/mol. The van der Waals surface area contributed by atoms with Crippen LogP contribution >= 0.6 is 0 Å². The van der Waals surface area contributed by atoms with E-state index < -0.39 is 0 Å². The minimum absolute atomic E-state index is 0.00195. The lowest BCUT2D eigenvalue weighted by molar-refractivity contribution is 0.0827. The molecule has 0 aliphatic rings. The minimum Gasteiger partial charge on any atom is -0.379 e. The van der Waals surface area contributed by atoms with E-state index in [2.05, 4.69) is 10.3 Å². The Bertz CT molecular complexity index is 591. The number of carbonyl (C=O) groups is 1. The molecule has 104 valence electrons. The predicted molar refractivity (Wildman–Crippen MR) is 80.8 cm³/mol. The summed E-state index contributed by atoms with van der Waals surface area (Å²) in [6.45, 7) is 2.65. The van der Waals surface area contributed by atoms with Gasteiger partial charge in [0.25, 0.3) is 5.91 Å². The van der Waals surface area contributed by atoms with Crippen LogP contribution in [0.1, 0.15) is 21.6 Å². The van der Waals surface area contributed by atoms with Crippen LogP contribution in [-0.2, 0) is 6.54 Å². The Labute approximate surface area is 119 Å². The van der Waals surface area contributed by atoms with E-state index in [9.17, 15) is 4.79 Å². The standard InChI is InChI=1S/C16H19N3O/c1-12-7-8-15(17-10-12)11-18-14-6-4-5-13(9-14)16(20)19(2)3/h4-10,18H,11H2,1-3H3. The minimum atomic E-state index is 0.00195. The third-order valence-electron chi connectivity index (χ3n) is 2.96. The molecule has 0 bridgehead atoms. The Balaban J connectivity index is 2.05. The van der Waals surface area contributed by atoms with E-state index in [1.165, 1.54) is 0 Å². The van der Waals surface area contributed by atoms with Crippen molar-refractivity contribution in [3.05, 3.63) is 59.4 Å². The summed E-state index contributed by atoms with van der Waals surface area (Å²) in [4.78, 5) is 17.8. The number of hydrogen-bond donors (Lipinski definition) is 1. The van der Waals surface area contributed by atoms with Crippen LogP contribution in [0, 0.1) is 6.92 Å². The van der Waals surface area contributed by atoms with E-state index in [1.54, 1.807) is 19.0 Å². The summed E-state index contributed by atoms with van der Waals surface area (Å²) >= 11 is 0. The van der Waals surface area contributed by atoms with E-state index in [4.69, 9.17) is 0 Å². The van der Waals surface area contributed by atoms with Crippen LogP contribution < -0.4 is 5.32 Å². The second kappa shape index (κ2) is 6.19. The molecule has 0 saturated heterocycles. The molecule has 2 aromatic rings. The van der Waals surface area contributed by atoms with Gasteiger partial charge in [0, 0.05) is 31.5 Å². The second-order valence-corrected chi connectivity index (χ2v) is 4.96. The molecule has 0 aliphatic heterocycles. The molecule has 1 aromatic carbocycles. The zero-order valence-corrected chi connectivity index (χ0v) is 12.1. The van der Waals surface area contributed by atoms with Crippen LogP contribution in [0.2, 0.25) is 0 Å². The Morgan fingerprint density at radius 2 is 2.05 bits per heavy atom. The summed E-state index contributed by atoms with van der Waals surface area (Å²) in [5, 5.41) is 3.28. The summed E-state index contributed by atoms with van der Waals surface area (Å²) in [5.74, 6) is 0.00195. The third-order valence-corrected chi connectivity index (χ3v) is 2.96. The fourth-order valence-corrected chi connectivity index (χ4v) is 1.82.